The monoisotopic (exact) mass is 246 g/mol. The molecule has 1 atom stereocenters. The molecule has 3 N–H and O–H groups in total. The molecule has 0 spiro atoms. The molecule has 2 nitrogen and oxygen atoms in total. The highest BCUT2D eigenvalue weighted by Crippen LogP contribution is 2.09. The number of hydrogen-bond donors (Lipinski definition) is 2. The SMILES string of the molecule is O[C@@H](C[NH2+]Cc1ccccc1F)c1ccccc1. The fraction of sp³-hybridized carbons (Fsp3) is 0.200. The average Bonchev–Trinajstić information content (AvgIpc) is 2.42. The predicted molar refractivity (Wildman–Crippen MR) is 68.3 cm³/mol. The van der Waals surface area contributed by atoms with E-state index in [0.717, 1.165) is 5.56 Å². The number of quaternary nitrogens is 1. The molecular weight excluding hydrogens is 229 g/mol. The minimum atomic E-state index is -0.516. The first kappa shape index (κ1) is 12.7. The fourth-order valence-electron chi connectivity index (χ4n) is 1.87. The summed E-state index contributed by atoms with van der Waals surface area (Å²) in [4.78, 5) is 0. The van der Waals surface area contributed by atoms with Gasteiger partial charge in [-0.05, 0) is 11.6 Å². The van der Waals surface area contributed by atoms with Gasteiger partial charge in [0.1, 0.15) is 25.0 Å². The van der Waals surface area contributed by atoms with Crippen LogP contribution < -0.4 is 5.32 Å². The van der Waals surface area contributed by atoms with Crippen molar-refractivity contribution in [3.8, 4) is 0 Å². The molecule has 0 fully saturated rings. The molecule has 0 aliphatic carbocycles. The standard InChI is InChI=1S/C15H16FNO/c16-14-9-5-4-8-13(14)10-17-11-15(18)12-6-2-1-3-7-12/h1-9,15,17-18H,10-11H2/p+1/t15-/m0/s1. The smallest absolute Gasteiger partial charge is 0.132 e. The third kappa shape index (κ3) is 3.39. The number of hydrogen-bond acceptors (Lipinski definition) is 1. The van der Waals surface area contributed by atoms with Crippen molar-refractivity contribution >= 4 is 0 Å². The second-order valence-electron chi connectivity index (χ2n) is 4.25. The van der Waals surface area contributed by atoms with Gasteiger partial charge in [0.15, 0.2) is 0 Å². The number of rotatable bonds is 5. The minimum Gasteiger partial charge on any atom is -0.382 e. The lowest BCUT2D eigenvalue weighted by molar-refractivity contribution is -0.677. The van der Waals surface area contributed by atoms with Gasteiger partial charge in [-0.15, -0.1) is 0 Å². The molecule has 18 heavy (non-hydrogen) atoms. The number of aliphatic hydroxyl groups excluding tert-OH is 1. The second-order valence-corrected chi connectivity index (χ2v) is 4.25. The zero-order valence-corrected chi connectivity index (χ0v) is 10.1. The molecule has 0 unspecified atom stereocenters. The van der Waals surface area contributed by atoms with Crippen molar-refractivity contribution in [3.63, 3.8) is 0 Å². The van der Waals surface area contributed by atoms with Gasteiger partial charge in [-0.25, -0.2) is 4.39 Å². The molecule has 94 valence electrons. The maximum atomic E-state index is 13.4. The molecule has 2 rings (SSSR count). The van der Waals surface area contributed by atoms with Crippen LogP contribution in [0.5, 0.6) is 0 Å². The van der Waals surface area contributed by atoms with E-state index in [1.54, 1.807) is 12.1 Å². The summed E-state index contributed by atoms with van der Waals surface area (Å²) in [5, 5.41) is 11.9. The van der Waals surface area contributed by atoms with Crippen LogP contribution in [0.4, 0.5) is 4.39 Å². The summed E-state index contributed by atoms with van der Waals surface area (Å²) < 4.78 is 13.4. The van der Waals surface area contributed by atoms with Crippen LogP contribution in [0.15, 0.2) is 54.6 Å². The van der Waals surface area contributed by atoms with E-state index in [0.29, 0.717) is 18.7 Å². The average molecular weight is 246 g/mol. The Hall–Kier alpha value is -1.71. The van der Waals surface area contributed by atoms with E-state index < -0.39 is 6.10 Å². The Balaban J connectivity index is 1.84. The highest BCUT2D eigenvalue weighted by Gasteiger charge is 2.09. The summed E-state index contributed by atoms with van der Waals surface area (Å²) in [6.07, 6.45) is -0.516. The van der Waals surface area contributed by atoms with Crippen LogP contribution in [0.25, 0.3) is 0 Å². The van der Waals surface area contributed by atoms with Gasteiger partial charge in [0.25, 0.3) is 0 Å². The van der Waals surface area contributed by atoms with Crippen LogP contribution in [-0.2, 0) is 6.54 Å². The maximum Gasteiger partial charge on any atom is 0.132 e. The Morgan fingerprint density at radius 1 is 1.00 bits per heavy atom. The molecule has 0 heterocycles. The van der Waals surface area contributed by atoms with Crippen molar-refractivity contribution in [2.45, 2.75) is 12.6 Å². The van der Waals surface area contributed by atoms with Crippen molar-refractivity contribution in [1.29, 1.82) is 0 Å². The highest BCUT2D eigenvalue weighted by molar-refractivity contribution is 5.17. The second kappa shape index (κ2) is 6.28. The fourth-order valence-corrected chi connectivity index (χ4v) is 1.87. The van der Waals surface area contributed by atoms with Gasteiger partial charge >= 0.3 is 0 Å². The third-order valence-corrected chi connectivity index (χ3v) is 2.90. The lowest BCUT2D eigenvalue weighted by Crippen LogP contribution is -2.83. The van der Waals surface area contributed by atoms with Crippen LogP contribution in [0.2, 0.25) is 0 Å². The summed E-state index contributed by atoms with van der Waals surface area (Å²) in [6.45, 7) is 1.06. The van der Waals surface area contributed by atoms with E-state index >= 15 is 0 Å². The normalized spacial score (nSPS) is 12.3. The Kier molecular flexibility index (Phi) is 4.45. The molecule has 0 radical (unpaired) electrons. The largest absolute Gasteiger partial charge is 0.382 e. The topological polar surface area (TPSA) is 36.8 Å². The van der Waals surface area contributed by atoms with E-state index in [2.05, 4.69) is 0 Å². The molecule has 3 heteroatoms. The van der Waals surface area contributed by atoms with E-state index in [-0.39, 0.29) is 5.82 Å². The van der Waals surface area contributed by atoms with Crippen molar-refractivity contribution in [1.82, 2.24) is 0 Å². The minimum absolute atomic E-state index is 0.192. The molecule has 0 saturated heterocycles. The van der Waals surface area contributed by atoms with Gasteiger partial charge < -0.3 is 10.4 Å². The molecule has 0 amide bonds. The van der Waals surface area contributed by atoms with Gasteiger partial charge in [-0.2, -0.15) is 0 Å². The zero-order chi connectivity index (χ0) is 12.8. The molecule has 2 aromatic rings. The maximum absolute atomic E-state index is 13.4. The number of nitrogens with two attached hydrogens (primary N) is 1. The van der Waals surface area contributed by atoms with Gasteiger partial charge in [0, 0.05) is 5.56 Å². The summed E-state index contributed by atoms with van der Waals surface area (Å²) in [7, 11) is 0. The number of halogens is 1. The Labute approximate surface area is 106 Å². The first-order valence-electron chi connectivity index (χ1n) is 6.05. The van der Waals surface area contributed by atoms with Crippen LogP contribution in [0.1, 0.15) is 17.2 Å². The molecular formula is C15H17FNO+. The Bertz CT molecular complexity index is 487. The highest BCUT2D eigenvalue weighted by atomic mass is 19.1. The first-order valence-corrected chi connectivity index (χ1v) is 6.05. The van der Waals surface area contributed by atoms with Gasteiger partial charge in [0.2, 0.25) is 0 Å². The van der Waals surface area contributed by atoms with Crippen LogP contribution >= 0.6 is 0 Å². The van der Waals surface area contributed by atoms with E-state index in [1.807, 2.05) is 41.7 Å². The Morgan fingerprint density at radius 2 is 1.67 bits per heavy atom. The lowest BCUT2D eigenvalue weighted by atomic mass is 10.1. The number of aliphatic hydroxyl groups is 1. The van der Waals surface area contributed by atoms with Crippen molar-refractivity contribution in [2.24, 2.45) is 0 Å². The number of benzene rings is 2. The van der Waals surface area contributed by atoms with E-state index in [9.17, 15) is 9.50 Å². The summed E-state index contributed by atoms with van der Waals surface area (Å²) in [5.74, 6) is -0.192. The third-order valence-electron chi connectivity index (χ3n) is 2.90. The van der Waals surface area contributed by atoms with Crippen LogP contribution in [0, 0.1) is 5.82 Å². The first-order chi connectivity index (χ1) is 8.77. The quantitative estimate of drug-likeness (QED) is 0.826. The summed E-state index contributed by atoms with van der Waals surface area (Å²) >= 11 is 0. The van der Waals surface area contributed by atoms with Crippen molar-refractivity contribution < 1.29 is 14.8 Å². The molecule has 0 saturated carbocycles. The molecule has 0 bridgehead atoms. The summed E-state index contributed by atoms with van der Waals surface area (Å²) in [6, 6.07) is 16.2. The molecule has 0 aliphatic rings. The molecule has 0 aliphatic heterocycles. The summed E-state index contributed by atoms with van der Waals surface area (Å²) in [5.41, 5.74) is 1.56. The van der Waals surface area contributed by atoms with Crippen molar-refractivity contribution in [2.75, 3.05) is 6.54 Å². The molecule has 2 aromatic carbocycles. The van der Waals surface area contributed by atoms with Crippen LogP contribution in [-0.4, -0.2) is 11.7 Å². The van der Waals surface area contributed by atoms with Gasteiger partial charge in [0.05, 0.1) is 0 Å². The Morgan fingerprint density at radius 3 is 2.39 bits per heavy atom. The van der Waals surface area contributed by atoms with Crippen molar-refractivity contribution in [3.05, 3.63) is 71.5 Å². The lowest BCUT2D eigenvalue weighted by Gasteiger charge is -2.09. The zero-order valence-electron chi connectivity index (χ0n) is 10.1. The van der Waals surface area contributed by atoms with Gasteiger partial charge in [-0.3, -0.25) is 0 Å². The molecule has 0 aromatic heterocycles. The van der Waals surface area contributed by atoms with Gasteiger partial charge in [-0.1, -0.05) is 48.5 Å². The predicted octanol–water partition coefficient (Wildman–Crippen LogP) is 1.62. The van der Waals surface area contributed by atoms with E-state index in [4.69, 9.17) is 0 Å². The van der Waals surface area contributed by atoms with Crippen LogP contribution in [0.3, 0.4) is 0 Å². The van der Waals surface area contributed by atoms with E-state index in [1.165, 1.54) is 6.07 Å².